The van der Waals surface area contributed by atoms with Crippen molar-refractivity contribution in [3.8, 4) is 11.4 Å². The van der Waals surface area contributed by atoms with E-state index in [1.807, 2.05) is 6.07 Å². The number of pyridine rings is 2. The molecule has 1 fully saturated rings. The van der Waals surface area contributed by atoms with E-state index in [1.54, 1.807) is 24.5 Å². The monoisotopic (exact) mass is 521 g/mol. The molecule has 1 aromatic carbocycles. The molecule has 1 saturated heterocycles. The number of hydrogen-bond acceptors (Lipinski definition) is 7. The molecule has 0 unspecified atom stereocenters. The second-order valence-electron chi connectivity index (χ2n) is 10.9. The van der Waals surface area contributed by atoms with Gasteiger partial charge in [0.15, 0.2) is 5.60 Å². The molecule has 2 N–H and O–H groups in total. The van der Waals surface area contributed by atoms with Crippen LogP contribution >= 0.6 is 0 Å². The predicted octanol–water partition coefficient (Wildman–Crippen LogP) is 2.77. The van der Waals surface area contributed by atoms with E-state index in [4.69, 9.17) is 9.72 Å². The molecular formula is C29H32FN3O5. The second kappa shape index (κ2) is 9.25. The fourth-order valence-corrected chi connectivity index (χ4v) is 6.24. The van der Waals surface area contributed by atoms with Crippen molar-refractivity contribution in [1.82, 2.24) is 14.5 Å². The number of esters is 1. The summed E-state index contributed by atoms with van der Waals surface area (Å²) in [7, 11) is 0. The number of ether oxygens (including phenoxy) is 1. The molecule has 0 radical (unpaired) electrons. The Morgan fingerprint density at radius 1 is 1.18 bits per heavy atom. The molecule has 5 heterocycles. The number of rotatable bonds is 5. The maximum absolute atomic E-state index is 14.6. The van der Waals surface area contributed by atoms with Gasteiger partial charge in [-0.3, -0.25) is 4.79 Å². The zero-order valence-corrected chi connectivity index (χ0v) is 21.7. The van der Waals surface area contributed by atoms with Gasteiger partial charge in [0, 0.05) is 35.7 Å². The highest BCUT2D eigenvalue weighted by atomic mass is 19.1. The largest absolute Gasteiger partial charge is 0.458 e. The number of carbonyl (C=O) groups is 1. The van der Waals surface area contributed by atoms with E-state index in [0.717, 1.165) is 49.0 Å². The molecule has 0 saturated carbocycles. The van der Waals surface area contributed by atoms with E-state index in [2.05, 4.69) is 4.90 Å². The standard InChI is InChI=1S/C29H32FN3O5/c1-3-29(37)22-11-25-26-20(13-33(25)27(35)21(22)15-38-28(29)36)18(6-9-32-7-4-17(14-34)5-8-32)19-10-16(2)23(30)12-24(19)31-26/h10-12,17,34,37H,3-9,13-15H2,1-2H3/t29-/m0/s1. The summed E-state index contributed by atoms with van der Waals surface area (Å²) in [5.74, 6) is -0.747. The molecule has 9 heteroatoms. The summed E-state index contributed by atoms with van der Waals surface area (Å²) >= 11 is 0. The highest BCUT2D eigenvalue weighted by molar-refractivity contribution is 5.89. The minimum Gasteiger partial charge on any atom is -0.458 e. The van der Waals surface area contributed by atoms with Gasteiger partial charge in [-0.25, -0.2) is 14.2 Å². The Bertz CT molecular complexity index is 1530. The SMILES string of the molecule is CC[C@@]1(O)C(=O)OCc2c1cc1n(c2=O)Cc2c-1nc1cc(F)c(C)cc1c2CCN1CCC(CO)CC1. The molecule has 0 amide bonds. The highest BCUT2D eigenvalue weighted by Gasteiger charge is 2.45. The van der Waals surface area contributed by atoms with Gasteiger partial charge in [0.05, 0.1) is 29.0 Å². The zero-order chi connectivity index (χ0) is 26.8. The maximum atomic E-state index is 14.6. The molecule has 2 aromatic heterocycles. The van der Waals surface area contributed by atoms with Gasteiger partial charge in [-0.2, -0.15) is 0 Å². The fourth-order valence-electron chi connectivity index (χ4n) is 6.24. The molecule has 38 heavy (non-hydrogen) atoms. The van der Waals surface area contributed by atoms with Gasteiger partial charge >= 0.3 is 5.97 Å². The Morgan fingerprint density at radius 2 is 1.95 bits per heavy atom. The minimum absolute atomic E-state index is 0.0719. The average Bonchev–Trinajstić information content (AvgIpc) is 3.29. The molecule has 200 valence electrons. The number of likely N-dealkylation sites (tertiary alicyclic amines) is 1. The molecule has 0 aliphatic carbocycles. The molecule has 3 aliphatic heterocycles. The molecule has 3 aromatic rings. The number of aliphatic hydroxyl groups excluding tert-OH is 1. The Balaban J connectivity index is 1.48. The number of nitrogens with zero attached hydrogens (tertiary/aromatic N) is 3. The van der Waals surface area contributed by atoms with Gasteiger partial charge in [-0.15, -0.1) is 0 Å². The third kappa shape index (κ3) is 3.79. The number of halogens is 1. The van der Waals surface area contributed by atoms with Crippen molar-refractivity contribution in [2.24, 2.45) is 5.92 Å². The average molecular weight is 522 g/mol. The number of cyclic esters (lactones) is 1. The fraction of sp³-hybridized carbons (Fsp3) is 0.483. The van der Waals surface area contributed by atoms with Gasteiger partial charge in [-0.1, -0.05) is 6.92 Å². The van der Waals surface area contributed by atoms with Crippen LogP contribution in [0.25, 0.3) is 22.3 Å². The smallest absolute Gasteiger partial charge is 0.343 e. The van der Waals surface area contributed by atoms with Crippen molar-refractivity contribution in [1.29, 1.82) is 0 Å². The molecule has 0 bridgehead atoms. The minimum atomic E-state index is -1.89. The summed E-state index contributed by atoms with van der Waals surface area (Å²) in [5.41, 5.74) is 2.48. The van der Waals surface area contributed by atoms with Gasteiger partial charge in [0.2, 0.25) is 0 Å². The number of piperidine rings is 1. The van der Waals surface area contributed by atoms with Crippen LogP contribution in [-0.4, -0.2) is 56.9 Å². The molecular weight excluding hydrogens is 489 g/mol. The molecule has 0 spiro atoms. The summed E-state index contributed by atoms with van der Waals surface area (Å²) < 4.78 is 21.5. The summed E-state index contributed by atoms with van der Waals surface area (Å²) in [4.78, 5) is 33.3. The zero-order valence-electron chi connectivity index (χ0n) is 21.7. The normalized spacial score (nSPS) is 21.3. The first-order chi connectivity index (χ1) is 18.2. The van der Waals surface area contributed by atoms with Gasteiger partial charge in [-0.05, 0) is 74.9 Å². The van der Waals surface area contributed by atoms with Gasteiger partial charge < -0.3 is 24.4 Å². The van der Waals surface area contributed by atoms with Crippen LogP contribution in [0.1, 0.15) is 54.0 Å². The van der Waals surface area contributed by atoms with Crippen LogP contribution in [-0.2, 0) is 34.7 Å². The van der Waals surface area contributed by atoms with Gasteiger partial charge in [0.25, 0.3) is 5.56 Å². The summed E-state index contributed by atoms with van der Waals surface area (Å²) in [6.07, 6.45) is 2.70. The van der Waals surface area contributed by atoms with Crippen LogP contribution in [0.5, 0.6) is 0 Å². The summed E-state index contributed by atoms with van der Waals surface area (Å²) in [6.45, 7) is 6.41. The first-order valence-electron chi connectivity index (χ1n) is 13.4. The van der Waals surface area contributed by atoms with E-state index < -0.39 is 11.6 Å². The van der Waals surface area contributed by atoms with Crippen LogP contribution in [0, 0.1) is 18.7 Å². The lowest BCUT2D eigenvalue weighted by Crippen LogP contribution is -2.44. The highest BCUT2D eigenvalue weighted by Crippen LogP contribution is 2.40. The Morgan fingerprint density at radius 3 is 2.66 bits per heavy atom. The Kier molecular flexibility index (Phi) is 6.13. The summed E-state index contributed by atoms with van der Waals surface area (Å²) in [6, 6.07) is 4.98. The molecule has 6 rings (SSSR count). The summed E-state index contributed by atoms with van der Waals surface area (Å²) in [5, 5.41) is 21.5. The lowest BCUT2D eigenvalue weighted by molar-refractivity contribution is -0.172. The first-order valence-corrected chi connectivity index (χ1v) is 13.4. The first kappa shape index (κ1) is 25.2. The van der Waals surface area contributed by atoms with E-state index in [-0.39, 0.29) is 42.1 Å². The topological polar surface area (TPSA) is 105 Å². The van der Waals surface area contributed by atoms with Crippen LogP contribution < -0.4 is 5.56 Å². The van der Waals surface area contributed by atoms with E-state index in [9.17, 15) is 24.2 Å². The number of fused-ring (bicyclic) bond motifs is 5. The third-order valence-electron chi connectivity index (χ3n) is 8.73. The van der Waals surface area contributed by atoms with Crippen LogP contribution in [0.4, 0.5) is 4.39 Å². The lowest BCUT2D eigenvalue weighted by Gasteiger charge is -2.31. The van der Waals surface area contributed by atoms with Crippen LogP contribution in [0.15, 0.2) is 23.0 Å². The third-order valence-corrected chi connectivity index (χ3v) is 8.73. The van der Waals surface area contributed by atoms with Gasteiger partial charge in [0.1, 0.15) is 12.4 Å². The number of aromatic nitrogens is 2. The molecule has 3 aliphatic rings. The number of carbonyl (C=O) groups excluding carboxylic acids is 1. The molecule has 8 nitrogen and oxygen atoms in total. The quantitative estimate of drug-likeness (QED) is 0.389. The van der Waals surface area contributed by atoms with Crippen molar-refractivity contribution in [2.45, 2.75) is 58.3 Å². The van der Waals surface area contributed by atoms with E-state index in [0.29, 0.717) is 41.4 Å². The Hall–Kier alpha value is -3.14. The van der Waals surface area contributed by atoms with Crippen LogP contribution in [0.3, 0.4) is 0 Å². The second-order valence-corrected chi connectivity index (χ2v) is 10.9. The molecule has 1 atom stereocenters. The van der Waals surface area contributed by atoms with E-state index >= 15 is 0 Å². The van der Waals surface area contributed by atoms with Crippen molar-refractivity contribution in [2.75, 3.05) is 26.2 Å². The number of aliphatic hydroxyl groups is 2. The predicted molar refractivity (Wildman–Crippen MR) is 139 cm³/mol. The number of hydrogen-bond donors (Lipinski definition) is 2. The number of aryl methyl sites for hydroxylation is 1. The van der Waals surface area contributed by atoms with Crippen molar-refractivity contribution in [3.05, 3.63) is 62.2 Å². The van der Waals surface area contributed by atoms with Crippen molar-refractivity contribution >= 4 is 16.9 Å². The lowest BCUT2D eigenvalue weighted by atomic mass is 9.86. The van der Waals surface area contributed by atoms with Crippen molar-refractivity contribution in [3.63, 3.8) is 0 Å². The van der Waals surface area contributed by atoms with Crippen molar-refractivity contribution < 1.29 is 24.1 Å². The van der Waals surface area contributed by atoms with Crippen LogP contribution in [0.2, 0.25) is 0 Å². The Labute approximate surface area is 219 Å². The van der Waals surface area contributed by atoms with E-state index in [1.165, 1.54) is 6.07 Å². The maximum Gasteiger partial charge on any atom is 0.343 e. The number of benzene rings is 1.